The molecule has 0 amide bonds. The maximum atomic E-state index is 14.0. The first-order valence-corrected chi connectivity index (χ1v) is 7.30. The van der Waals surface area contributed by atoms with E-state index in [0.29, 0.717) is 23.6 Å². The lowest BCUT2D eigenvalue weighted by molar-refractivity contribution is 0.457. The van der Waals surface area contributed by atoms with Gasteiger partial charge in [-0.25, -0.2) is 4.39 Å². The van der Waals surface area contributed by atoms with Crippen molar-refractivity contribution >= 4 is 15.9 Å². The summed E-state index contributed by atoms with van der Waals surface area (Å²) < 4.78 is 20.7. The molecule has 0 aliphatic carbocycles. The van der Waals surface area contributed by atoms with Crippen LogP contribution in [0.5, 0.6) is 11.5 Å². The smallest absolute Gasteiger partial charge is 0.134 e. The predicted molar refractivity (Wildman–Crippen MR) is 82.6 cm³/mol. The maximum absolute atomic E-state index is 14.0. The highest BCUT2D eigenvalue weighted by atomic mass is 79.9. The van der Waals surface area contributed by atoms with Crippen molar-refractivity contribution in [2.45, 2.75) is 26.4 Å². The zero-order valence-electron chi connectivity index (χ0n) is 11.5. The van der Waals surface area contributed by atoms with Gasteiger partial charge in [-0.3, -0.25) is 0 Å². The summed E-state index contributed by atoms with van der Waals surface area (Å²) in [4.78, 5) is 0. The molecule has 1 N–H and O–H groups in total. The van der Waals surface area contributed by atoms with Crippen LogP contribution >= 0.6 is 15.9 Å². The van der Waals surface area contributed by atoms with E-state index in [1.807, 2.05) is 38.1 Å². The summed E-state index contributed by atoms with van der Waals surface area (Å²) in [6.07, 6.45) is 0. The number of halogens is 2. The van der Waals surface area contributed by atoms with Gasteiger partial charge in [-0.1, -0.05) is 41.9 Å². The first-order valence-electron chi connectivity index (χ1n) is 6.50. The minimum atomic E-state index is -0.259. The molecule has 2 aromatic carbocycles. The van der Waals surface area contributed by atoms with E-state index in [9.17, 15) is 4.39 Å². The van der Waals surface area contributed by atoms with Gasteiger partial charge in [0.15, 0.2) is 0 Å². The van der Waals surface area contributed by atoms with Gasteiger partial charge in [0.05, 0.1) is 0 Å². The Balaban J connectivity index is 2.24. The molecule has 0 saturated heterocycles. The normalized spacial score (nSPS) is 10.8. The lowest BCUT2D eigenvalue weighted by Gasteiger charge is -2.14. The molecule has 0 aliphatic rings. The van der Waals surface area contributed by atoms with E-state index in [-0.39, 0.29) is 11.9 Å². The van der Waals surface area contributed by atoms with E-state index < -0.39 is 0 Å². The Labute approximate surface area is 127 Å². The minimum absolute atomic E-state index is 0.259. The summed E-state index contributed by atoms with van der Waals surface area (Å²) >= 11 is 3.39. The molecule has 0 heterocycles. The molecular weight excluding hydrogens is 321 g/mol. The fourth-order valence-electron chi connectivity index (χ4n) is 1.77. The van der Waals surface area contributed by atoms with Gasteiger partial charge in [0, 0.05) is 22.6 Å². The Morgan fingerprint density at radius 3 is 2.65 bits per heavy atom. The topological polar surface area (TPSA) is 21.3 Å². The van der Waals surface area contributed by atoms with Crippen molar-refractivity contribution < 1.29 is 9.13 Å². The predicted octanol–water partition coefficient (Wildman–Crippen LogP) is 4.88. The van der Waals surface area contributed by atoms with Crippen molar-refractivity contribution in [3.05, 3.63) is 58.3 Å². The van der Waals surface area contributed by atoms with Gasteiger partial charge in [0.1, 0.15) is 17.3 Å². The third kappa shape index (κ3) is 4.05. The standard InChI is InChI=1S/C16H17BrFNO/c1-11(2)19-10-14-15(18)7-4-8-16(14)20-13-6-3-5-12(17)9-13/h3-9,11,19H,10H2,1-2H3. The lowest BCUT2D eigenvalue weighted by atomic mass is 10.1. The summed E-state index contributed by atoms with van der Waals surface area (Å²) in [6, 6.07) is 12.7. The number of rotatable bonds is 5. The molecule has 0 aliphatic heterocycles. The van der Waals surface area contributed by atoms with Gasteiger partial charge in [-0.15, -0.1) is 0 Å². The van der Waals surface area contributed by atoms with Gasteiger partial charge in [-0.2, -0.15) is 0 Å². The van der Waals surface area contributed by atoms with Crippen LogP contribution in [0.15, 0.2) is 46.9 Å². The molecule has 0 saturated carbocycles. The second-order valence-corrected chi connectivity index (χ2v) is 5.73. The molecule has 20 heavy (non-hydrogen) atoms. The average molecular weight is 338 g/mol. The number of ether oxygens (including phenoxy) is 1. The summed E-state index contributed by atoms with van der Waals surface area (Å²) in [5.74, 6) is 0.956. The molecule has 2 rings (SSSR count). The van der Waals surface area contributed by atoms with Crippen LogP contribution in [0, 0.1) is 5.82 Å². The Hall–Kier alpha value is -1.39. The van der Waals surface area contributed by atoms with Crippen LogP contribution in [0.1, 0.15) is 19.4 Å². The number of hydrogen-bond donors (Lipinski definition) is 1. The lowest BCUT2D eigenvalue weighted by Crippen LogP contribution is -2.22. The Kier molecular flexibility index (Phi) is 5.15. The Morgan fingerprint density at radius 2 is 1.95 bits per heavy atom. The second-order valence-electron chi connectivity index (χ2n) is 4.81. The van der Waals surface area contributed by atoms with Crippen molar-refractivity contribution in [2.24, 2.45) is 0 Å². The molecule has 0 bridgehead atoms. The van der Waals surface area contributed by atoms with E-state index in [1.165, 1.54) is 6.07 Å². The third-order valence-electron chi connectivity index (χ3n) is 2.79. The van der Waals surface area contributed by atoms with Crippen LogP contribution in [-0.4, -0.2) is 6.04 Å². The Bertz CT molecular complexity index is 586. The minimum Gasteiger partial charge on any atom is -0.457 e. The second kappa shape index (κ2) is 6.86. The number of nitrogens with one attached hydrogen (secondary N) is 1. The number of hydrogen-bond acceptors (Lipinski definition) is 2. The van der Waals surface area contributed by atoms with Crippen LogP contribution in [0.3, 0.4) is 0 Å². The quantitative estimate of drug-likeness (QED) is 0.839. The molecular formula is C16H17BrFNO. The third-order valence-corrected chi connectivity index (χ3v) is 3.28. The molecule has 0 fully saturated rings. The van der Waals surface area contributed by atoms with Crippen molar-refractivity contribution in [3.63, 3.8) is 0 Å². The summed E-state index contributed by atoms with van der Waals surface area (Å²) in [7, 11) is 0. The zero-order chi connectivity index (χ0) is 14.5. The Morgan fingerprint density at radius 1 is 1.20 bits per heavy atom. The van der Waals surface area contributed by atoms with Gasteiger partial charge in [0.25, 0.3) is 0 Å². The maximum Gasteiger partial charge on any atom is 0.134 e. The molecule has 0 aromatic heterocycles. The van der Waals surface area contributed by atoms with E-state index in [1.54, 1.807) is 12.1 Å². The highest BCUT2D eigenvalue weighted by Gasteiger charge is 2.11. The first-order chi connectivity index (χ1) is 9.56. The molecule has 0 atom stereocenters. The van der Waals surface area contributed by atoms with Gasteiger partial charge < -0.3 is 10.1 Å². The van der Waals surface area contributed by atoms with Crippen molar-refractivity contribution in [2.75, 3.05) is 0 Å². The highest BCUT2D eigenvalue weighted by Crippen LogP contribution is 2.28. The summed E-state index contributed by atoms with van der Waals surface area (Å²) in [5.41, 5.74) is 0.543. The highest BCUT2D eigenvalue weighted by molar-refractivity contribution is 9.10. The molecule has 2 nitrogen and oxygen atoms in total. The monoisotopic (exact) mass is 337 g/mol. The largest absolute Gasteiger partial charge is 0.457 e. The van der Waals surface area contributed by atoms with E-state index in [0.717, 1.165) is 4.47 Å². The SMILES string of the molecule is CC(C)NCc1c(F)cccc1Oc1cccc(Br)c1. The summed E-state index contributed by atoms with van der Waals surface area (Å²) in [5, 5.41) is 3.21. The van der Waals surface area contributed by atoms with E-state index in [2.05, 4.69) is 21.2 Å². The van der Waals surface area contributed by atoms with Crippen molar-refractivity contribution in [1.82, 2.24) is 5.32 Å². The first kappa shape index (κ1) is 15.0. The van der Waals surface area contributed by atoms with Crippen molar-refractivity contribution in [1.29, 1.82) is 0 Å². The van der Waals surface area contributed by atoms with E-state index >= 15 is 0 Å². The zero-order valence-corrected chi connectivity index (χ0v) is 13.1. The van der Waals surface area contributed by atoms with Gasteiger partial charge in [0.2, 0.25) is 0 Å². The van der Waals surface area contributed by atoms with Gasteiger partial charge >= 0.3 is 0 Å². The molecule has 106 valence electrons. The summed E-state index contributed by atoms with van der Waals surface area (Å²) in [6.45, 7) is 4.49. The fourth-order valence-corrected chi connectivity index (χ4v) is 2.15. The van der Waals surface area contributed by atoms with Crippen LogP contribution in [0.2, 0.25) is 0 Å². The number of benzene rings is 2. The molecule has 4 heteroatoms. The molecule has 0 spiro atoms. The molecule has 2 aromatic rings. The van der Waals surface area contributed by atoms with Crippen LogP contribution in [0.4, 0.5) is 4.39 Å². The van der Waals surface area contributed by atoms with E-state index in [4.69, 9.17) is 4.74 Å². The van der Waals surface area contributed by atoms with Crippen LogP contribution in [-0.2, 0) is 6.54 Å². The van der Waals surface area contributed by atoms with Crippen LogP contribution < -0.4 is 10.1 Å². The van der Waals surface area contributed by atoms with Gasteiger partial charge in [-0.05, 0) is 30.3 Å². The van der Waals surface area contributed by atoms with Crippen LogP contribution in [0.25, 0.3) is 0 Å². The van der Waals surface area contributed by atoms with Crippen molar-refractivity contribution in [3.8, 4) is 11.5 Å². The molecule has 0 radical (unpaired) electrons. The molecule has 0 unspecified atom stereocenters. The average Bonchev–Trinajstić information content (AvgIpc) is 2.38. The fraction of sp³-hybridized carbons (Fsp3) is 0.250.